The van der Waals surface area contributed by atoms with Crippen molar-refractivity contribution < 1.29 is 13.2 Å². The summed E-state index contributed by atoms with van der Waals surface area (Å²) in [6.45, 7) is 9.24. The Labute approximate surface area is 208 Å². The van der Waals surface area contributed by atoms with Crippen LogP contribution in [0.5, 0.6) is 0 Å². The second-order valence-electron chi connectivity index (χ2n) is 8.77. The number of para-hydroxylation sites is 2. The minimum Gasteiger partial charge on any atom is -0.370 e. The predicted molar refractivity (Wildman–Crippen MR) is 140 cm³/mol. The van der Waals surface area contributed by atoms with Gasteiger partial charge in [0.05, 0.1) is 27.3 Å². The SMILES string of the molecule is CCN(CC)S(=O)(=O)c1ccc2c(c1)nc(CCC(=O)Nc1ccccc1N1CCCC1)n2CC. The van der Waals surface area contributed by atoms with E-state index >= 15 is 0 Å². The van der Waals surface area contributed by atoms with E-state index in [2.05, 4.69) is 20.9 Å². The van der Waals surface area contributed by atoms with E-state index in [1.165, 1.54) is 17.1 Å². The maximum atomic E-state index is 12.9. The number of hydrogen-bond donors (Lipinski definition) is 1. The molecule has 4 rings (SSSR count). The molecular weight excluding hydrogens is 462 g/mol. The van der Waals surface area contributed by atoms with Gasteiger partial charge in [0, 0.05) is 45.6 Å². The van der Waals surface area contributed by atoms with Crippen molar-refractivity contribution in [3.05, 3.63) is 48.3 Å². The maximum absolute atomic E-state index is 12.9. The quantitative estimate of drug-likeness (QED) is 0.452. The van der Waals surface area contributed by atoms with Crippen LogP contribution >= 0.6 is 0 Å². The summed E-state index contributed by atoms with van der Waals surface area (Å²) in [5.41, 5.74) is 3.42. The summed E-state index contributed by atoms with van der Waals surface area (Å²) < 4.78 is 29.4. The van der Waals surface area contributed by atoms with Crippen molar-refractivity contribution in [2.45, 2.75) is 57.9 Å². The van der Waals surface area contributed by atoms with Crippen molar-refractivity contribution in [1.82, 2.24) is 13.9 Å². The van der Waals surface area contributed by atoms with Crippen molar-refractivity contribution in [3.8, 4) is 0 Å². The molecule has 2 heterocycles. The number of benzene rings is 2. The molecule has 1 aromatic heterocycles. The summed E-state index contributed by atoms with van der Waals surface area (Å²) in [5, 5.41) is 3.08. The first kappa shape index (κ1) is 25.2. The smallest absolute Gasteiger partial charge is 0.243 e. The fraction of sp³-hybridized carbons (Fsp3) is 0.462. The lowest BCUT2D eigenvalue weighted by Crippen LogP contribution is -2.30. The number of nitrogens with zero attached hydrogens (tertiary/aromatic N) is 4. The van der Waals surface area contributed by atoms with Crippen LogP contribution in [0, 0.1) is 0 Å². The molecule has 0 saturated carbocycles. The Morgan fingerprint density at radius 3 is 2.46 bits per heavy atom. The number of imidazole rings is 1. The summed E-state index contributed by atoms with van der Waals surface area (Å²) in [7, 11) is -3.56. The third kappa shape index (κ3) is 5.21. The van der Waals surface area contributed by atoms with Gasteiger partial charge in [0.1, 0.15) is 5.82 Å². The Balaban J connectivity index is 1.51. The lowest BCUT2D eigenvalue weighted by atomic mass is 10.2. The van der Waals surface area contributed by atoms with Crippen molar-refractivity contribution in [1.29, 1.82) is 0 Å². The van der Waals surface area contributed by atoms with E-state index < -0.39 is 10.0 Å². The summed E-state index contributed by atoms with van der Waals surface area (Å²) in [6, 6.07) is 13.1. The van der Waals surface area contributed by atoms with Crippen LogP contribution in [0.2, 0.25) is 0 Å². The minimum atomic E-state index is -3.56. The molecule has 1 amide bonds. The molecule has 8 nitrogen and oxygen atoms in total. The average molecular weight is 498 g/mol. The highest BCUT2D eigenvalue weighted by atomic mass is 32.2. The molecule has 35 heavy (non-hydrogen) atoms. The number of aryl methyl sites for hydroxylation is 2. The first-order valence-electron chi connectivity index (χ1n) is 12.5. The fourth-order valence-electron chi connectivity index (χ4n) is 4.83. The molecule has 9 heteroatoms. The van der Waals surface area contributed by atoms with E-state index in [4.69, 9.17) is 4.98 Å². The zero-order valence-electron chi connectivity index (χ0n) is 20.8. The standard InChI is InChI=1S/C26H35N5O3S/c1-4-30(5-2)35(33,34)20-13-14-24-22(19-20)27-25(31(24)6-3)15-16-26(32)28-21-11-7-8-12-23(21)29-17-9-10-18-29/h7-8,11-14,19H,4-6,9-10,15-18H2,1-3H3,(H,28,32). The van der Waals surface area contributed by atoms with Crippen molar-refractivity contribution in [2.24, 2.45) is 0 Å². The molecule has 0 aliphatic carbocycles. The highest BCUT2D eigenvalue weighted by Gasteiger charge is 2.23. The Morgan fingerprint density at radius 2 is 1.77 bits per heavy atom. The Morgan fingerprint density at radius 1 is 1.06 bits per heavy atom. The number of carbonyl (C=O) groups is 1. The van der Waals surface area contributed by atoms with Gasteiger partial charge in [0.2, 0.25) is 15.9 Å². The molecule has 0 unspecified atom stereocenters. The van der Waals surface area contributed by atoms with Crippen LogP contribution < -0.4 is 10.2 Å². The number of rotatable bonds is 10. The van der Waals surface area contributed by atoms with E-state index in [0.717, 1.165) is 35.8 Å². The summed E-state index contributed by atoms with van der Waals surface area (Å²) in [4.78, 5) is 20.1. The van der Waals surface area contributed by atoms with Gasteiger partial charge < -0.3 is 14.8 Å². The first-order valence-corrected chi connectivity index (χ1v) is 14.0. The maximum Gasteiger partial charge on any atom is 0.243 e. The summed E-state index contributed by atoms with van der Waals surface area (Å²) in [6.07, 6.45) is 3.11. The Bertz CT molecular complexity index is 1290. The molecule has 1 saturated heterocycles. The molecule has 1 aliphatic heterocycles. The van der Waals surface area contributed by atoms with E-state index in [1.807, 2.05) is 45.0 Å². The van der Waals surface area contributed by atoms with Crippen molar-refractivity contribution in [3.63, 3.8) is 0 Å². The third-order valence-corrected chi connectivity index (χ3v) is 8.70. The zero-order chi connectivity index (χ0) is 25.0. The first-order chi connectivity index (χ1) is 16.9. The lowest BCUT2D eigenvalue weighted by molar-refractivity contribution is -0.116. The molecule has 0 bridgehead atoms. The molecule has 0 atom stereocenters. The van der Waals surface area contributed by atoms with Gasteiger partial charge in [0.15, 0.2) is 0 Å². The van der Waals surface area contributed by atoms with Gasteiger partial charge in [-0.1, -0.05) is 26.0 Å². The molecule has 188 valence electrons. The molecular formula is C26H35N5O3S. The van der Waals surface area contributed by atoms with Gasteiger partial charge in [-0.05, 0) is 50.1 Å². The van der Waals surface area contributed by atoms with Crippen LogP contribution in [0.4, 0.5) is 11.4 Å². The highest BCUT2D eigenvalue weighted by Crippen LogP contribution is 2.29. The Hall–Kier alpha value is -2.91. The molecule has 1 fully saturated rings. The number of fused-ring (bicyclic) bond motifs is 1. The zero-order valence-corrected chi connectivity index (χ0v) is 21.6. The number of hydrogen-bond acceptors (Lipinski definition) is 5. The van der Waals surface area contributed by atoms with Crippen LogP contribution in [0.3, 0.4) is 0 Å². The van der Waals surface area contributed by atoms with Gasteiger partial charge in [-0.25, -0.2) is 13.4 Å². The largest absolute Gasteiger partial charge is 0.370 e. The molecule has 2 aromatic carbocycles. The molecule has 3 aromatic rings. The Kier molecular flexibility index (Phi) is 7.76. The molecule has 1 aliphatic rings. The second kappa shape index (κ2) is 10.8. The second-order valence-corrected chi connectivity index (χ2v) is 10.7. The lowest BCUT2D eigenvalue weighted by Gasteiger charge is -2.21. The van der Waals surface area contributed by atoms with Gasteiger partial charge >= 0.3 is 0 Å². The van der Waals surface area contributed by atoms with E-state index in [1.54, 1.807) is 12.1 Å². The summed E-state index contributed by atoms with van der Waals surface area (Å²) in [5.74, 6) is 0.721. The monoisotopic (exact) mass is 497 g/mol. The number of aromatic nitrogens is 2. The van der Waals surface area contributed by atoms with Crippen molar-refractivity contribution >= 4 is 38.3 Å². The number of anilines is 2. The van der Waals surface area contributed by atoms with Crippen LogP contribution in [0.1, 0.15) is 45.9 Å². The number of sulfonamides is 1. The van der Waals surface area contributed by atoms with Gasteiger partial charge in [-0.3, -0.25) is 4.79 Å². The third-order valence-electron chi connectivity index (χ3n) is 6.66. The van der Waals surface area contributed by atoms with Gasteiger partial charge in [-0.2, -0.15) is 4.31 Å². The van der Waals surface area contributed by atoms with Crippen molar-refractivity contribution in [2.75, 3.05) is 36.4 Å². The van der Waals surface area contributed by atoms with Crippen LogP contribution in [0.25, 0.3) is 11.0 Å². The minimum absolute atomic E-state index is 0.0591. The number of carbonyl (C=O) groups excluding carboxylic acids is 1. The fourth-order valence-corrected chi connectivity index (χ4v) is 6.31. The number of amides is 1. The van der Waals surface area contributed by atoms with Crippen LogP contribution in [-0.4, -0.2) is 54.4 Å². The van der Waals surface area contributed by atoms with E-state index in [-0.39, 0.29) is 10.8 Å². The average Bonchev–Trinajstić information content (AvgIpc) is 3.51. The van der Waals surface area contributed by atoms with Gasteiger partial charge in [-0.15, -0.1) is 0 Å². The van der Waals surface area contributed by atoms with Gasteiger partial charge in [0.25, 0.3) is 0 Å². The molecule has 1 N–H and O–H groups in total. The summed E-state index contributed by atoms with van der Waals surface area (Å²) >= 11 is 0. The van der Waals surface area contributed by atoms with Crippen LogP contribution in [0.15, 0.2) is 47.4 Å². The number of nitrogens with one attached hydrogen (secondary N) is 1. The van der Waals surface area contributed by atoms with E-state index in [9.17, 15) is 13.2 Å². The highest BCUT2D eigenvalue weighted by molar-refractivity contribution is 7.89. The predicted octanol–water partition coefficient (Wildman–Crippen LogP) is 4.26. The topological polar surface area (TPSA) is 87.5 Å². The molecule has 0 radical (unpaired) electrons. The molecule has 0 spiro atoms. The van der Waals surface area contributed by atoms with E-state index in [0.29, 0.717) is 38.0 Å². The van der Waals surface area contributed by atoms with Crippen LogP contribution in [-0.2, 0) is 27.8 Å². The normalized spacial score (nSPS) is 14.2.